The van der Waals surface area contributed by atoms with Crippen molar-refractivity contribution < 1.29 is 19.1 Å². The highest BCUT2D eigenvalue weighted by Crippen LogP contribution is 2.24. The molecular formula is C20H19N3O4S. The lowest BCUT2D eigenvalue weighted by atomic mass is 10.2. The number of rotatable bonds is 8. The minimum atomic E-state index is -0.471. The molecule has 0 saturated heterocycles. The molecule has 3 rings (SSSR count). The molecule has 3 aromatic rings. The average molecular weight is 397 g/mol. The molecule has 0 aliphatic heterocycles. The third-order valence-electron chi connectivity index (χ3n) is 3.60. The van der Waals surface area contributed by atoms with Crippen LogP contribution in [0.25, 0.3) is 0 Å². The summed E-state index contributed by atoms with van der Waals surface area (Å²) >= 11 is 1.22. The molecular weight excluding hydrogens is 378 g/mol. The van der Waals surface area contributed by atoms with Crippen molar-refractivity contribution in [3.63, 3.8) is 0 Å². The maximum atomic E-state index is 12.0. The van der Waals surface area contributed by atoms with Crippen LogP contribution in [0.3, 0.4) is 0 Å². The van der Waals surface area contributed by atoms with Gasteiger partial charge in [-0.25, -0.2) is 4.98 Å². The van der Waals surface area contributed by atoms with Gasteiger partial charge in [0.2, 0.25) is 5.91 Å². The van der Waals surface area contributed by atoms with Crippen LogP contribution < -0.4 is 20.5 Å². The molecule has 2 aromatic carbocycles. The van der Waals surface area contributed by atoms with E-state index in [2.05, 4.69) is 10.3 Å². The van der Waals surface area contributed by atoms with Gasteiger partial charge in [0.1, 0.15) is 17.2 Å². The fraction of sp³-hybridized carbons (Fsp3) is 0.150. The number of aryl methyl sites for hydroxylation is 1. The Morgan fingerprint density at radius 2 is 1.64 bits per heavy atom. The van der Waals surface area contributed by atoms with Crippen molar-refractivity contribution in [2.24, 2.45) is 5.73 Å². The van der Waals surface area contributed by atoms with Crippen molar-refractivity contribution in [3.05, 3.63) is 65.2 Å². The molecule has 1 aromatic heterocycles. The van der Waals surface area contributed by atoms with E-state index in [0.29, 0.717) is 22.3 Å². The predicted octanol–water partition coefficient (Wildman–Crippen LogP) is 3.29. The van der Waals surface area contributed by atoms with Crippen LogP contribution >= 0.6 is 11.3 Å². The lowest BCUT2D eigenvalue weighted by Crippen LogP contribution is -2.20. The number of nitrogens with one attached hydrogen (secondary N) is 1. The summed E-state index contributed by atoms with van der Waals surface area (Å²) in [6, 6.07) is 14.7. The Hall–Kier alpha value is -3.39. The Balaban J connectivity index is 1.47. The first-order chi connectivity index (χ1) is 13.5. The fourth-order valence-corrected chi connectivity index (χ4v) is 3.00. The minimum absolute atomic E-state index is 0.0415. The number of hydrogen-bond donors (Lipinski definition) is 2. The number of ether oxygens (including phenoxy) is 2. The maximum Gasteiger partial charge on any atom is 0.264 e. The number of aromatic nitrogens is 1. The van der Waals surface area contributed by atoms with Crippen molar-refractivity contribution in [1.29, 1.82) is 0 Å². The van der Waals surface area contributed by atoms with E-state index in [0.717, 1.165) is 11.3 Å². The molecule has 0 aliphatic rings. The molecule has 0 atom stereocenters. The van der Waals surface area contributed by atoms with E-state index < -0.39 is 5.91 Å². The lowest BCUT2D eigenvalue weighted by Gasteiger charge is -2.08. The second-order valence-corrected chi connectivity index (χ2v) is 6.87. The Morgan fingerprint density at radius 1 is 1.04 bits per heavy atom. The predicted molar refractivity (Wildman–Crippen MR) is 107 cm³/mol. The third kappa shape index (κ3) is 5.82. The van der Waals surface area contributed by atoms with Gasteiger partial charge in [-0.1, -0.05) is 17.7 Å². The molecule has 28 heavy (non-hydrogen) atoms. The van der Waals surface area contributed by atoms with Crippen LogP contribution in [0.15, 0.2) is 53.9 Å². The number of amides is 2. The maximum absolute atomic E-state index is 12.0. The van der Waals surface area contributed by atoms with E-state index in [1.54, 1.807) is 29.6 Å². The van der Waals surface area contributed by atoms with Crippen molar-refractivity contribution in [2.45, 2.75) is 13.3 Å². The van der Waals surface area contributed by atoms with Crippen LogP contribution in [-0.4, -0.2) is 23.4 Å². The van der Waals surface area contributed by atoms with Gasteiger partial charge in [-0.05, 0) is 43.3 Å². The van der Waals surface area contributed by atoms with Gasteiger partial charge in [0, 0.05) is 5.38 Å². The van der Waals surface area contributed by atoms with Gasteiger partial charge in [-0.15, -0.1) is 11.3 Å². The summed E-state index contributed by atoms with van der Waals surface area (Å²) in [6.07, 6.45) is 0.0415. The van der Waals surface area contributed by atoms with Crippen molar-refractivity contribution in [1.82, 2.24) is 4.98 Å². The molecule has 1 heterocycles. The van der Waals surface area contributed by atoms with Gasteiger partial charge >= 0.3 is 0 Å². The molecule has 0 bridgehead atoms. The summed E-state index contributed by atoms with van der Waals surface area (Å²) in [5.41, 5.74) is 6.81. The molecule has 0 unspecified atom stereocenters. The summed E-state index contributed by atoms with van der Waals surface area (Å²) in [7, 11) is 0. The number of thiazole rings is 1. The van der Waals surface area contributed by atoms with Gasteiger partial charge in [0.15, 0.2) is 11.7 Å². The zero-order valence-corrected chi connectivity index (χ0v) is 16.0. The fourth-order valence-electron chi connectivity index (χ4n) is 2.27. The number of carbonyl (C=O) groups excluding carboxylic acids is 2. The van der Waals surface area contributed by atoms with Crippen molar-refractivity contribution in [2.75, 3.05) is 11.9 Å². The molecule has 2 amide bonds. The van der Waals surface area contributed by atoms with E-state index in [1.807, 2.05) is 31.2 Å². The highest BCUT2D eigenvalue weighted by Gasteiger charge is 2.09. The lowest BCUT2D eigenvalue weighted by molar-refractivity contribution is -0.118. The molecule has 3 N–H and O–H groups in total. The number of anilines is 1. The van der Waals surface area contributed by atoms with Gasteiger partial charge in [0.05, 0.1) is 12.1 Å². The Labute approximate surface area is 166 Å². The summed E-state index contributed by atoms with van der Waals surface area (Å²) < 4.78 is 11.2. The van der Waals surface area contributed by atoms with E-state index in [4.69, 9.17) is 15.2 Å². The van der Waals surface area contributed by atoms with Crippen molar-refractivity contribution in [3.8, 4) is 17.2 Å². The SMILES string of the molecule is Cc1ccc(Oc2ccc(OCC(=O)Nc3nc(CC(N)=O)cs3)cc2)cc1. The molecule has 144 valence electrons. The summed E-state index contributed by atoms with van der Waals surface area (Å²) in [5, 5.41) is 4.69. The van der Waals surface area contributed by atoms with Crippen LogP contribution in [0.2, 0.25) is 0 Å². The van der Waals surface area contributed by atoms with E-state index >= 15 is 0 Å². The second kappa shape index (κ2) is 9.01. The normalized spacial score (nSPS) is 10.3. The Kier molecular flexibility index (Phi) is 6.23. The minimum Gasteiger partial charge on any atom is -0.484 e. The van der Waals surface area contributed by atoms with Crippen LogP contribution in [0.5, 0.6) is 17.2 Å². The smallest absolute Gasteiger partial charge is 0.264 e. The zero-order chi connectivity index (χ0) is 19.9. The van der Waals surface area contributed by atoms with Gasteiger partial charge in [-0.3, -0.25) is 14.9 Å². The summed E-state index contributed by atoms with van der Waals surface area (Å²) in [6.45, 7) is 1.85. The highest BCUT2D eigenvalue weighted by atomic mass is 32.1. The summed E-state index contributed by atoms with van der Waals surface area (Å²) in [5.74, 6) is 1.14. The summed E-state index contributed by atoms with van der Waals surface area (Å²) in [4.78, 5) is 27.0. The van der Waals surface area contributed by atoms with E-state index in [9.17, 15) is 9.59 Å². The zero-order valence-electron chi connectivity index (χ0n) is 15.2. The molecule has 0 spiro atoms. The van der Waals surface area contributed by atoms with Crippen molar-refractivity contribution >= 4 is 28.3 Å². The van der Waals surface area contributed by atoms with Crippen LogP contribution in [0, 0.1) is 6.92 Å². The first-order valence-corrected chi connectivity index (χ1v) is 9.36. The average Bonchev–Trinajstić information content (AvgIpc) is 3.09. The van der Waals surface area contributed by atoms with Crippen LogP contribution in [0.4, 0.5) is 5.13 Å². The first-order valence-electron chi connectivity index (χ1n) is 8.48. The second-order valence-electron chi connectivity index (χ2n) is 6.01. The van der Waals surface area contributed by atoms with Crippen LogP contribution in [0.1, 0.15) is 11.3 Å². The number of benzene rings is 2. The Morgan fingerprint density at radius 3 is 2.29 bits per heavy atom. The van der Waals surface area contributed by atoms with Gasteiger partial charge in [0.25, 0.3) is 5.91 Å². The number of nitrogens with two attached hydrogens (primary N) is 1. The van der Waals surface area contributed by atoms with Gasteiger partial charge in [-0.2, -0.15) is 0 Å². The quantitative estimate of drug-likeness (QED) is 0.607. The van der Waals surface area contributed by atoms with E-state index in [1.165, 1.54) is 11.3 Å². The highest BCUT2D eigenvalue weighted by molar-refractivity contribution is 7.13. The van der Waals surface area contributed by atoms with Crippen LogP contribution in [-0.2, 0) is 16.0 Å². The third-order valence-corrected chi connectivity index (χ3v) is 4.41. The molecule has 7 nitrogen and oxygen atoms in total. The number of primary amides is 1. The first kappa shape index (κ1) is 19.4. The largest absolute Gasteiger partial charge is 0.484 e. The molecule has 0 aliphatic carbocycles. The number of nitrogens with zero attached hydrogens (tertiary/aromatic N) is 1. The van der Waals surface area contributed by atoms with Gasteiger partial charge < -0.3 is 15.2 Å². The number of carbonyl (C=O) groups is 2. The topological polar surface area (TPSA) is 104 Å². The number of hydrogen-bond acceptors (Lipinski definition) is 6. The molecule has 0 radical (unpaired) electrons. The van der Waals surface area contributed by atoms with E-state index in [-0.39, 0.29) is 18.9 Å². The standard InChI is InChI=1S/C20H19N3O4S/c1-13-2-4-16(5-3-13)27-17-8-6-15(7-9-17)26-11-19(25)23-20-22-14(12-28-20)10-18(21)24/h2-9,12H,10-11H2,1H3,(H2,21,24)(H,22,23,25). The molecule has 0 fully saturated rings. The molecule has 0 saturated carbocycles. The molecule has 8 heteroatoms. The Bertz CT molecular complexity index is 952. The monoisotopic (exact) mass is 397 g/mol.